The molecule has 0 spiro atoms. The minimum absolute atomic E-state index is 0.0745. The SMILES string of the molecule is CC(C)c1nc(Sc2ccc([N+](=O)[O-])cc2S(=O)(=O)N2CCCC2)n[nH]1. The highest BCUT2D eigenvalue weighted by molar-refractivity contribution is 8.00. The first kappa shape index (κ1) is 18.8. The van der Waals surface area contributed by atoms with Crippen molar-refractivity contribution >= 4 is 27.5 Å². The van der Waals surface area contributed by atoms with Crippen LogP contribution in [-0.4, -0.2) is 45.9 Å². The van der Waals surface area contributed by atoms with Crippen molar-refractivity contribution in [2.45, 2.75) is 47.6 Å². The molecule has 0 unspecified atom stereocenters. The van der Waals surface area contributed by atoms with E-state index in [1.165, 1.54) is 16.4 Å². The van der Waals surface area contributed by atoms with E-state index >= 15 is 0 Å². The van der Waals surface area contributed by atoms with Gasteiger partial charge in [0.15, 0.2) is 0 Å². The molecule has 0 aliphatic carbocycles. The molecule has 2 aromatic rings. The Morgan fingerprint density at radius 2 is 2.00 bits per heavy atom. The highest BCUT2D eigenvalue weighted by Gasteiger charge is 2.31. The van der Waals surface area contributed by atoms with Gasteiger partial charge in [-0.2, -0.15) is 4.31 Å². The fourth-order valence-corrected chi connectivity index (χ4v) is 5.40. The van der Waals surface area contributed by atoms with E-state index < -0.39 is 14.9 Å². The Hall–Kier alpha value is -1.98. The van der Waals surface area contributed by atoms with Crippen LogP contribution in [0.25, 0.3) is 0 Å². The van der Waals surface area contributed by atoms with Gasteiger partial charge in [-0.05, 0) is 30.7 Å². The molecular formula is C15H19N5O4S2. The lowest BCUT2D eigenvalue weighted by Crippen LogP contribution is -2.28. The third-order valence-electron chi connectivity index (χ3n) is 4.05. The molecule has 1 aliphatic rings. The number of H-pyrrole nitrogens is 1. The minimum Gasteiger partial charge on any atom is -0.262 e. The van der Waals surface area contributed by atoms with Crippen molar-refractivity contribution in [2.75, 3.05) is 13.1 Å². The lowest BCUT2D eigenvalue weighted by atomic mass is 10.2. The van der Waals surface area contributed by atoms with Crippen LogP contribution in [0.4, 0.5) is 5.69 Å². The van der Waals surface area contributed by atoms with Gasteiger partial charge in [0.05, 0.1) is 4.92 Å². The zero-order chi connectivity index (χ0) is 18.9. The Bertz CT molecular complexity index is 920. The number of non-ortho nitro benzene ring substituents is 1. The number of aromatic amines is 1. The highest BCUT2D eigenvalue weighted by atomic mass is 32.2. The molecule has 3 rings (SSSR count). The van der Waals surface area contributed by atoms with Gasteiger partial charge < -0.3 is 0 Å². The van der Waals surface area contributed by atoms with Crippen LogP contribution in [0.2, 0.25) is 0 Å². The maximum absolute atomic E-state index is 13.0. The van der Waals surface area contributed by atoms with Crippen molar-refractivity contribution in [1.29, 1.82) is 0 Å². The second-order valence-electron chi connectivity index (χ2n) is 6.26. The van der Waals surface area contributed by atoms with Crippen LogP contribution in [0.1, 0.15) is 38.4 Å². The van der Waals surface area contributed by atoms with Gasteiger partial charge in [0.2, 0.25) is 15.2 Å². The summed E-state index contributed by atoms with van der Waals surface area (Å²) in [6, 6.07) is 3.85. The maximum Gasteiger partial charge on any atom is 0.270 e. The van der Waals surface area contributed by atoms with Crippen LogP contribution in [0.15, 0.2) is 33.1 Å². The predicted octanol–water partition coefficient (Wildman–Crippen LogP) is 2.77. The molecular weight excluding hydrogens is 378 g/mol. The summed E-state index contributed by atoms with van der Waals surface area (Å²) in [5.41, 5.74) is -0.259. The van der Waals surface area contributed by atoms with Gasteiger partial charge in [-0.1, -0.05) is 13.8 Å². The van der Waals surface area contributed by atoms with Gasteiger partial charge in [0.25, 0.3) is 5.69 Å². The Morgan fingerprint density at radius 1 is 1.31 bits per heavy atom. The van der Waals surface area contributed by atoms with Crippen molar-refractivity contribution in [1.82, 2.24) is 19.5 Å². The molecule has 1 saturated heterocycles. The molecule has 11 heteroatoms. The average Bonchev–Trinajstić information content (AvgIpc) is 3.27. The number of nitrogens with one attached hydrogen (secondary N) is 1. The van der Waals surface area contributed by atoms with Crippen molar-refractivity contribution < 1.29 is 13.3 Å². The number of nitro benzene ring substituents is 1. The van der Waals surface area contributed by atoms with Crippen LogP contribution in [0.5, 0.6) is 0 Å². The van der Waals surface area contributed by atoms with E-state index in [0.29, 0.717) is 29.0 Å². The van der Waals surface area contributed by atoms with Crippen LogP contribution < -0.4 is 0 Å². The fraction of sp³-hybridized carbons (Fsp3) is 0.467. The van der Waals surface area contributed by atoms with E-state index in [0.717, 1.165) is 30.7 Å². The van der Waals surface area contributed by atoms with E-state index in [1.807, 2.05) is 13.8 Å². The Labute approximate surface area is 155 Å². The van der Waals surface area contributed by atoms with Crippen molar-refractivity contribution in [3.63, 3.8) is 0 Å². The van der Waals surface area contributed by atoms with Gasteiger partial charge in [-0.25, -0.2) is 13.4 Å². The monoisotopic (exact) mass is 397 g/mol. The van der Waals surface area contributed by atoms with Gasteiger partial charge in [-0.3, -0.25) is 15.2 Å². The van der Waals surface area contributed by atoms with Crippen LogP contribution in [0, 0.1) is 10.1 Å². The molecule has 2 heterocycles. The molecule has 0 amide bonds. The van der Waals surface area contributed by atoms with E-state index in [9.17, 15) is 18.5 Å². The summed E-state index contributed by atoms with van der Waals surface area (Å²) in [6.07, 6.45) is 1.57. The summed E-state index contributed by atoms with van der Waals surface area (Å²) in [4.78, 5) is 15.1. The number of hydrogen-bond donors (Lipinski definition) is 1. The van der Waals surface area contributed by atoms with Crippen LogP contribution in [0.3, 0.4) is 0 Å². The number of aromatic nitrogens is 3. The number of nitrogens with zero attached hydrogens (tertiary/aromatic N) is 4. The largest absolute Gasteiger partial charge is 0.270 e. The summed E-state index contributed by atoms with van der Waals surface area (Å²) in [5.74, 6) is 0.847. The second-order valence-corrected chi connectivity index (χ2v) is 9.17. The number of hydrogen-bond acceptors (Lipinski definition) is 7. The predicted molar refractivity (Wildman–Crippen MR) is 95.7 cm³/mol. The van der Waals surface area contributed by atoms with Crippen LogP contribution >= 0.6 is 11.8 Å². The molecule has 9 nitrogen and oxygen atoms in total. The second kappa shape index (κ2) is 7.33. The zero-order valence-electron chi connectivity index (χ0n) is 14.4. The topological polar surface area (TPSA) is 122 Å². The first-order valence-electron chi connectivity index (χ1n) is 8.18. The quantitative estimate of drug-likeness (QED) is 0.587. The molecule has 1 aromatic carbocycles. The van der Waals surface area contributed by atoms with Crippen molar-refractivity contribution in [2.24, 2.45) is 0 Å². The van der Waals surface area contributed by atoms with Gasteiger partial charge in [0, 0.05) is 36.0 Å². The summed E-state index contributed by atoms with van der Waals surface area (Å²) < 4.78 is 27.3. The molecule has 0 saturated carbocycles. The Morgan fingerprint density at radius 3 is 2.58 bits per heavy atom. The molecule has 0 atom stereocenters. The maximum atomic E-state index is 13.0. The standard InChI is InChI=1S/C15H19N5O4S2/c1-10(2)14-16-15(18-17-14)25-12-6-5-11(20(21)22)9-13(12)26(23,24)19-7-3-4-8-19/h5-6,9-10H,3-4,7-8H2,1-2H3,(H,16,17,18). The first-order valence-corrected chi connectivity index (χ1v) is 10.4. The molecule has 0 radical (unpaired) electrons. The third-order valence-corrected chi connectivity index (χ3v) is 7.06. The van der Waals surface area contributed by atoms with Crippen molar-refractivity contribution in [3.8, 4) is 0 Å². The Balaban J connectivity index is 2.02. The first-order chi connectivity index (χ1) is 12.3. The highest BCUT2D eigenvalue weighted by Crippen LogP contribution is 2.36. The Kier molecular flexibility index (Phi) is 5.30. The summed E-state index contributed by atoms with van der Waals surface area (Å²) in [6.45, 7) is 4.77. The number of sulfonamides is 1. The van der Waals surface area contributed by atoms with Crippen molar-refractivity contribution in [3.05, 3.63) is 34.1 Å². The van der Waals surface area contributed by atoms with E-state index in [2.05, 4.69) is 15.2 Å². The van der Waals surface area contributed by atoms with E-state index in [1.54, 1.807) is 0 Å². The summed E-state index contributed by atoms with van der Waals surface area (Å²) in [7, 11) is -3.81. The average molecular weight is 397 g/mol. The van der Waals surface area contributed by atoms with Gasteiger partial charge in [-0.15, -0.1) is 5.10 Å². The molecule has 0 bridgehead atoms. The fourth-order valence-electron chi connectivity index (χ4n) is 2.62. The van der Waals surface area contributed by atoms with E-state index in [4.69, 9.17) is 0 Å². The zero-order valence-corrected chi connectivity index (χ0v) is 16.0. The molecule has 1 aliphatic heterocycles. The van der Waals surface area contributed by atoms with E-state index in [-0.39, 0.29) is 16.5 Å². The normalized spacial score (nSPS) is 15.7. The lowest BCUT2D eigenvalue weighted by molar-refractivity contribution is -0.385. The molecule has 26 heavy (non-hydrogen) atoms. The number of benzene rings is 1. The third kappa shape index (κ3) is 3.74. The summed E-state index contributed by atoms with van der Waals surface area (Å²) >= 11 is 1.08. The van der Waals surface area contributed by atoms with Gasteiger partial charge >= 0.3 is 0 Å². The smallest absolute Gasteiger partial charge is 0.262 e. The lowest BCUT2D eigenvalue weighted by Gasteiger charge is -2.17. The van der Waals surface area contributed by atoms with Gasteiger partial charge in [0.1, 0.15) is 10.7 Å². The molecule has 1 fully saturated rings. The summed E-state index contributed by atoms with van der Waals surface area (Å²) in [5, 5.41) is 18.4. The van der Waals surface area contributed by atoms with Crippen LogP contribution in [-0.2, 0) is 10.0 Å². The number of nitro groups is 1. The molecule has 140 valence electrons. The minimum atomic E-state index is -3.81. The molecule has 1 N–H and O–H groups in total. The number of rotatable bonds is 6. The molecule has 1 aromatic heterocycles.